The van der Waals surface area contributed by atoms with E-state index in [2.05, 4.69) is 11.1 Å². The topological polar surface area (TPSA) is 92.0 Å². The molecule has 1 fully saturated rings. The van der Waals surface area contributed by atoms with Gasteiger partial charge in [-0.2, -0.15) is 9.57 Å². The Labute approximate surface area is 158 Å². The van der Waals surface area contributed by atoms with Crippen LogP contribution in [0, 0.1) is 11.3 Å². The van der Waals surface area contributed by atoms with Crippen LogP contribution in [0.1, 0.15) is 11.1 Å². The Morgan fingerprint density at radius 1 is 1.19 bits per heavy atom. The molecule has 0 spiro atoms. The number of aliphatic imine (C=N–C) groups is 1. The van der Waals surface area contributed by atoms with Gasteiger partial charge in [0, 0.05) is 19.3 Å². The van der Waals surface area contributed by atoms with E-state index in [1.807, 2.05) is 0 Å². The Balaban J connectivity index is 1.91. The molecule has 0 amide bonds. The summed E-state index contributed by atoms with van der Waals surface area (Å²) in [7, 11) is -2.11. The monoisotopic (exact) mass is 385 g/mol. The highest BCUT2D eigenvalue weighted by Gasteiger charge is 2.27. The lowest BCUT2D eigenvalue weighted by molar-refractivity contribution is 0.0730. The van der Waals surface area contributed by atoms with E-state index >= 15 is 0 Å². The van der Waals surface area contributed by atoms with E-state index in [4.69, 9.17) is 14.7 Å². The first kappa shape index (κ1) is 19.0. The van der Waals surface area contributed by atoms with Gasteiger partial charge in [-0.05, 0) is 35.9 Å². The van der Waals surface area contributed by atoms with Crippen LogP contribution < -0.4 is 4.74 Å². The zero-order valence-electron chi connectivity index (χ0n) is 14.8. The fraction of sp³-hybridized carbons (Fsp3) is 0.263. The molecule has 1 saturated heterocycles. The summed E-state index contributed by atoms with van der Waals surface area (Å²) in [5.74, 6) is 0.473. The summed E-state index contributed by atoms with van der Waals surface area (Å²) in [5, 5.41) is 8.85. The summed E-state index contributed by atoms with van der Waals surface area (Å²) in [6.07, 6.45) is 1.60. The highest BCUT2D eigenvalue weighted by Crippen LogP contribution is 2.31. The molecule has 3 rings (SSSR count). The molecule has 140 valence electrons. The molecule has 1 aliphatic rings. The summed E-state index contributed by atoms with van der Waals surface area (Å²) in [4.78, 5) is 4.55. The first-order chi connectivity index (χ1) is 13.0. The highest BCUT2D eigenvalue weighted by atomic mass is 32.2. The van der Waals surface area contributed by atoms with Gasteiger partial charge in [0.2, 0.25) is 10.0 Å². The van der Waals surface area contributed by atoms with Gasteiger partial charge in [0.1, 0.15) is 11.4 Å². The van der Waals surface area contributed by atoms with Gasteiger partial charge in [-0.25, -0.2) is 8.42 Å². The van der Waals surface area contributed by atoms with Gasteiger partial charge in [-0.1, -0.05) is 12.1 Å². The number of methoxy groups -OCH3 is 1. The zero-order valence-corrected chi connectivity index (χ0v) is 15.6. The van der Waals surface area contributed by atoms with Crippen molar-refractivity contribution in [1.82, 2.24) is 4.31 Å². The third-order valence-corrected chi connectivity index (χ3v) is 6.05. The smallest absolute Gasteiger partial charge is 0.243 e. The van der Waals surface area contributed by atoms with Crippen LogP contribution in [0.2, 0.25) is 0 Å². The lowest BCUT2D eigenvalue weighted by atomic mass is 10.2. The summed E-state index contributed by atoms with van der Waals surface area (Å²) in [6.45, 7) is 1.44. The van der Waals surface area contributed by atoms with Crippen molar-refractivity contribution in [2.24, 2.45) is 4.99 Å². The van der Waals surface area contributed by atoms with Gasteiger partial charge in [-0.3, -0.25) is 4.99 Å². The average molecular weight is 385 g/mol. The van der Waals surface area contributed by atoms with Crippen molar-refractivity contribution in [1.29, 1.82) is 5.26 Å². The molecule has 0 unspecified atom stereocenters. The largest absolute Gasteiger partial charge is 0.494 e. The highest BCUT2D eigenvalue weighted by molar-refractivity contribution is 7.89. The number of benzene rings is 2. The minimum atomic E-state index is -3.61. The normalized spacial score (nSPS) is 15.6. The maximum absolute atomic E-state index is 12.8. The molecule has 1 heterocycles. The van der Waals surface area contributed by atoms with Crippen LogP contribution in [0.4, 0.5) is 5.69 Å². The van der Waals surface area contributed by atoms with Crippen LogP contribution >= 0.6 is 0 Å². The Morgan fingerprint density at radius 3 is 2.52 bits per heavy atom. The van der Waals surface area contributed by atoms with E-state index in [1.54, 1.807) is 36.5 Å². The van der Waals surface area contributed by atoms with Crippen molar-refractivity contribution < 1.29 is 17.9 Å². The first-order valence-electron chi connectivity index (χ1n) is 8.35. The maximum atomic E-state index is 12.8. The van der Waals surface area contributed by atoms with Crippen LogP contribution in [-0.4, -0.2) is 52.4 Å². The van der Waals surface area contributed by atoms with E-state index in [9.17, 15) is 8.42 Å². The summed E-state index contributed by atoms with van der Waals surface area (Å²) < 4.78 is 37.6. The Hall–Kier alpha value is -2.73. The number of nitriles is 1. The Morgan fingerprint density at radius 2 is 1.89 bits per heavy atom. The lowest BCUT2D eigenvalue weighted by Gasteiger charge is -2.26. The summed E-state index contributed by atoms with van der Waals surface area (Å²) >= 11 is 0. The number of ether oxygens (including phenoxy) is 2. The van der Waals surface area contributed by atoms with Crippen molar-refractivity contribution in [2.75, 3.05) is 33.4 Å². The standard InChI is InChI=1S/C19H19N3O4S/c1-25-19-7-6-17(27(23,24)22-8-10-26-11-9-22)12-18(19)21-14-16-4-2-15(13-20)3-5-16/h2-7,12,14H,8-11H2,1H3. The minimum Gasteiger partial charge on any atom is -0.494 e. The zero-order chi connectivity index (χ0) is 19.3. The fourth-order valence-electron chi connectivity index (χ4n) is 2.65. The van der Waals surface area contributed by atoms with Gasteiger partial charge < -0.3 is 9.47 Å². The number of morpholine rings is 1. The second-order valence-electron chi connectivity index (χ2n) is 5.84. The van der Waals surface area contributed by atoms with Crippen molar-refractivity contribution in [2.45, 2.75) is 4.90 Å². The molecular weight excluding hydrogens is 366 g/mol. The van der Waals surface area contributed by atoms with Crippen molar-refractivity contribution >= 4 is 21.9 Å². The van der Waals surface area contributed by atoms with E-state index in [0.717, 1.165) is 5.56 Å². The van der Waals surface area contributed by atoms with E-state index in [-0.39, 0.29) is 4.90 Å². The molecule has 0 aliphatic carbocycles. The average Bonchev–Trinajstić information content (AvgIpc) is 2.73. The van der Waals surface area contributed by atoms with Crippen LogP contribution in [-0.2, 0) is 14.8 Å². The van der Waals surface area contributed by atoms with E-state index in [0.29, 0.717) is 43.3 Å². The molecule has 27 heavy (non-hydrogen) atoms. The van der Waals surface area contributed by atoms with Gasteiger partial charge in [-0.15, -0.1) is 0 Å². The SMILES string of the molecule is COc1ccc(S(=O)(=O)N2CCOCC2)cc1N=Cc1ccc(C#N)cc1. The molecular formula is C19H19N3O4S. The number of hydrogen-bond donors (Lipinski definition) is 0. The van der Waals surface area contributed by atoms with E-state index in [1.165, 1.54) is 23.5 Å². The lowest BCUT2D eigenvalue weighted by Crippen LogP contribution is -2.40. The number of rotatable bonds is 5. The second kappa shape index (κ2) is 8.31. The predicted octanol–water partition coefficient (Wildman–Crippen LogP) is 2.34. The van der Waals surface area contributed by atoms with E-state index < -0.39 is 10.0 Å². The summed E-state index contributed by atoms with van der Waals surface area (Å²) in [6, 6.07) is 13.6. The second-order valence-corrected chi connectivity index (χ2v) is 7.78. The molecule has 0 N–H and O–H groups in total. The molecule has 2 aromatic carbocycles. The van der Waals surface area contributed by atoms with Gasteiger partial charge in [0.05, 0.1) is 36.9 Å². The van der Waals surface area contributed by atoms with Crippen molar-refractivity contribution in [3.05, 3.63) is 53.6 Å². The Bertz CT molecular complexity index is 973. The number of hydrogen-bond acceptors (Lipinski definition) is 6. The molecule has 0 atom stereocenters. The van der Waals surface area contributed by atoms with Crippen LogP contribution in [0.15, 0.2) is 52.4 Å². The van der Waals surface area contributed by atoms with Gasteiger partial charge >= 0.3 is 0 Å². The maximum Gasteiger partial charge on any atom is 0.243 e. The molecule has 0 saturated carbocycles. The Kier molecular flexibility index (Phi) is 5.86. The van der Waals surface area contributed by atoms with Crippen LogP contribution in [0.5, 0.6) is 5.75 Å². The van der Waals surface area contributed by atoms with Crippen molar-refractivity contribution in [3.8, 4) is 11.8 Å². The van der Waals surface area contributed by atoms with Crippen LogP contribution in [0.25, 0.3) is 0 Å². The van der Waals surface area contributed by atoms with Crippen molar-refractivity contribution in [3.63, 3.8) is 0 Å². The third kappa shape index (κ3) is 4.34. The number of nitrogens with zero attached hydrogens (tertiary/aromatic N) is 3. The quantitative estimate of drug-likeness (QED) is 0.737. The molecule has 0 bridgehead atoms. The fourth-order valence-corrected chi connectivity index (χ4v) is 4.08. The summed E-state index contributed by atoms with van der Waals surface area (Å²) in [5.41, 5.74) is 1.76. The van der Waals surface area contributed by atoms with Crippen LogP contribution in [0.3, 0.4) is 0 Å². The molecule has 1 aliphatic heterocycles. The third-order valence-electron chi connectivity index (χ3n) is 4.15. The minimum absolute atomic E-state index is 0.164. The molecule has 8 heteroatoms. The van der Waals surface area contributed by atoms with Gasteiger partial charge in [0.25, 0.3) is 0 Å². The number of sulfonamides is 1. The molecule has 0 radical (unpaired) electrons. The molecule has 7 nitrogen and oxygen atoms in total. The molecule has 0 aromatic heterocycles. The van der Waals surface area contributed by atoms with Gasteiger partial charge in [0.15, 0.2) is 0 Å². The predicted molar refractivity (Wildman–Crippen MR) is 101 cm³/mol. The first-order valence-corrected chi connectivity index (χ1v) is 9.79. The molecule has 2 aromatic rings.